The largest absolute Gasteiger partial charge is 0.192 e. The SMILES string of the molecule is CC.N#CC1=C=CC=CC=C1. The van der Waals surface area contributed by atoms with Crippen LogP contribution in [0.5, 0.6) is 0 Å². The van der Waals surface area contributed by atoms with Crippen LogP contribution in [0.3, 0.4) is 0 Å². The van der Waals surface area contributed by atoms with Gasteiger partial charge in [-0.15, -0.1) is 5.73 Å². The summed E-state index contributed by atoms with van der Waals surface area (Å²) >= 11 is 0. The molecule has 0 radical (unpaired) electrons. The third kappa shape index (κ3) is 3.97. The van der Waals surface area contributed by atoms with E-state index >= 15 is 0 Å². The van der Waals surface area contributed by atoms with E-state index in [-0.39, 0.29) is 0 Å². The molecule has 0 spiro atoms. The molecule has 0 unspecified atom stereocenters. The highest BCUT2D eigenvalue weighted by Gasteiger charge is 1.82. The minimum absolute atomic E-state index is 0.569. The van der Waals surface area contributed by atoms with E-state index in [1.54, 1.807) is 12.2 Å². The maximum absolute atomic E-state index is 8.37. The molecule has 1 rings (SSSR count). The molecule has 0 aromatic carbocycles. The first-order chi connectivity index (χ1) is 5.43. The summed E-state index contributed by atoms with van der Waals surface area (Å²) in [5, 5.41) is 8.37. The summed E-state index contributed by atoms with van der Waals surface area (Å²) in [6.45, 7) is 4.00. The summed E-state index contributed by atoms with van der Waals surface area (Å²) in [5.74, 6) is 0. The van der Waals surface area contributed by atoms with E-state index in [1.165, 1.54) is 0 Å². The third-order valence-electron chi connectivity index (χ3n) is 0.941. The molecule has 0 bridgehead atoms. The van der Waals surface area contributed by atoms with Gasteiger partial charge < -0.3 is 0 Å². The molecule has 0 fully saturated rings. The lowest BCUT2D eigenvalue weighted by Gasteiger charge is -1.72. The van der Waals surface area contributed by atoms with Gasteiger partial charge in [-0.1, -0.05) is 32.1 Å². The molecule has 56 valence electrons. The molecule has 11 heavy (non-hydrogen) atoms. The third-order valence-corrected chi connectivity index (χ3v) is 0.941. The van der Waals surface area contributed by atoms with Gasteiger partial charge in [0, 0.05) is 0 Å². The van der Waals surface area contributed by atoms with E-state index in [1.807, 2.05) is 38.1 Å². The molecule has 1 heteroatoms. The van der Waals surface area contributed by atoms with Gasteiger partial charge in [0.2, 0.25) is 0 Å². The number of hydrogen-bond acceptors (Lipinski definition) is 1. The van der Waals surface area contributed by atoms with E-state index in [9.17, 15) is 0 Å². The number of rotatable bonds is 0. The maximum Gasteiger partial charge on any atom is 0.108 e. The minimum atomic E-state index is 0.569. The summed E-state index contributed by atoms with van der Waals surface area (Å²) in [5.41, 5.74) is 3.36. The number of allylic oxidation sites excluding steroid dienone is 5. The van der Waals surface area contributed by atoms with Gasteiger partial charge in [-0.3, -0.25) is 0 Å². The normalized spacial score (nSPS) is 12.3. The van der Waals surface area contributed by atoms with Crippen LogP contribution < -0.4 is 0 Å². The molecule has 0 atom stereocenters. The Morgan fingerprint density at radius 3 is 2.64 bits per heavy atom. The van der Waals surface area contributed by atoms with Crippen molar-refractivity contribution >= 4 is 0 Å². The zero-order valence-electron chi connectivity index (χ0n) is 6.83. The van der Waals surface area contributed by atoms with Crippen LogP contribution in [0.2, 0.25) is 0 Å². The summed E-state index contributed by atoms with van der Waals surface area (Å²) in [4.78, 5) is 0. The number of nitriles is 1. The molecule has 1 aliphatic carbocycles. The summed E-state index contributed by atoms with van der Waals surface area (Å²) < 4.78 is 0. The Balaban J connectivity index is 0.000000461. The van der Waals surface area contributed by atoms with E-state index in [0.717, 1.165) is 0 Å². The minimum Gasteiger partial charge on any atom is -0.192 e. The lowest BCUT2D eigenvalue weighted by molar-refractivity contribution is 1.50. The monoisotopic (exact) mass is 145 g/mol. The van der Waals surface area contributed by atoms with Crippen molar-refractivity contribution in [1.82, 2.24) is 0 Å². The molecule has 0 saturated heterocycles. The van der Waals surface area contributed by atoms with Crippen LogP contribution in [0.4, 0.5) is 0 Å². The van der Waals surface area contributed by atoms with Gasteiger partial charge in [0.25, 0.3) is 0 Å². The fourth-order valence-electron chi connectivity index (χ4n) is 0.527. The van der Waals surface area contributed by atoms with Gasteiger partial charge in [0.1, 0.15) is 6.07 Å². The molecule has 0 aromatic heterocycles. The highest BCUT2D eigenvalue weighted by molar-refractivity contribution is 5.36. The van der Waals surface area contributed by atoms with Crippen LogP contribution in [0.1, 0.15) is 13.8 Å². The zero-order chi connectivity index (χ0) is 8.53. The average molecular weight is 145 g/mol. The maximum atomic E-state index is 8.37. The van der Waals surface area contributed by atoms with Gasteiger partial charge in [0.05, 0.1) is 5.57 Å². The van der Waals surface area contributed by atoms with Crippen molar-refractivity contribution in [3.63, 3.8) is 0 Å². The standard InChI is InChI=1S/C8H5N.C2H6/c9-7-8-5-3-1-2-4-6-8;1-2/h1-5H;1-2H3. The van der Waals surface area contributed by atoms with Crippen molar-refractivity contribution in [2.24, 2.45) is 0 Å². The lowest BCUT2D eigenvalue weighted by atomic mass is 10.3. The van der Waals surface area contributed by atoms with Crippen LogP contribution in [0.25, 0.3) is 0 Å². The van der Waals surface area contributed by atoms with Crippen molar-refractivity contribution in [3.8, 4) is 6.07 Å². The zero-order valence-corrected chi connectivity index (χ0v) is 6.83. The first-order valence-corrected chi connectivity index (χ1v) is 3.63. The first-order valence-electron chi connectivity index (χ1n) is 3.63. The second kappa shape index (κ2) is 6.61. The van der Waals surface area contributed by atoms with Crippen LogP contribution in [0, 0.1) is 11.3 Å². The molecule has 1 nitrogen and oxygen atoms in total. The van der Waals surface area contributed by atoms with Gasteiger partial charge in [0.15, 0.2) is 0 Å². The topological polar surface area (TPSA) is 23.8 Å². The second-order valence-electron chi connectivity index (χ2n) is 1.58. The lowest BCUT2D eigenvalue weighted by Crippen LogP contribution is -1.62. The van der Waals surface area contributed by atoms with Crippen LogP contribution in [-0.4, -0.2) is 0 Å². The Bertz CT molecular complexity index is 255. The first kappa shape index (κ1) is 9.49. The van der Waals surface area contributed by atoms with E-state index in [4.69, 9.17) is 5.26 Å². The molecule has 0 aliphatic heterocycles. The van der Waals surface area contributed by atoms with Gasteiger partial charge in [-0.25, -0.2) is 0 Å². The highest BCUT2D eigenvalue weighted by atomic mass is 14.2. The Kier molecular flexibility index (Phi) is 5.70. The fourth-order valence-corrected chi connectivity index (χ4v) is 0.527. The quantitative estimate of drug-likeness (QED) is 0.481. The Labute approximate surface area is 67.7 Å². The number of nitrogens with zero attached hydrogens (tertiary/aromatic N) is 1. The van der Waals surface area contributed by atoms with Crippen molar-refractivity contribution in [2.45, 2.75) is 13.8 Å². The number of hydrogen-bond donors (Lipinski definition) is 0. The molecule has 0 N–H and O–H groups in total. The van der Waals surface area contributed by atoms with Crippen molar-refractivity contribution in [2.75, 3.05) is 0 Å². The Morgan fingerprint density at radius 2 is 2.00 bits per heavy atom. The van der Waals surface area contributed by atoms with Crippen LogP contribution in [0.15, 0.2) is 41.7 Å². The van der Waals surface area contributed by atoms with Crippen LogP contribution in [-0.2, 0) is 0 Å². The van der Waals surface area contributed by atoms with Crippen molar-refractivity contribution < 1.29 is 0 Å². The van der Waals surface area contributed by atoms with E-state index < -0.39 is 0 Å². The summed E-state index contributed by atoms with van der Waals surface area (Å²) in [6.07, 6.45) is 8.95. The van der Waals surface area contributed by atoms with Crippen molar-refractivity contribution in [1.29, 1.82) is 5.26 Å². The van der Waals surface area contributed by atoms with Gasteiger partial charge >= 0.3 is 0 Å². The second-order valence-corrected chi connectivity index (χ2v) is 1.58. The molecular weight excluding hydrogens is 134 g/mol. The summed E-state index contributed by atoms with van der Waals surface area (Å²) in [6, 6.07) is 1.99. The Hall–Kier alpha value is -1.51. The smallest absolute Gasteiger partial charge is 0.108 e. The molecule has 1 aliphatic rings. The Morgan fingerprint density at radius 1 is 1.27 bits per heavy atom. The van der Waals surface area contributed by atoms with Crippen molar-refractivity contribution in [3.05, 3.63) is 41.7 Å². The summed E-state index contributed by atoms with van der Waals surface area (Å²) in [7, 11) is 0. The molecule has 0 heterocycles. The predicted molar refractivity (Wildman–Crippen MR) is 46.8 cm³/mol. The molecular formula is C10H11N. The van der Waals surface area contributed by atoms with Gasteiger partial charge in [-0.2, -0.15) is 5.26 Å². The molecule has 0 saturated carbocycles. The highest BCUT2D eigenvalue weighted by Crippen LogP contribution is 1.95. The van der Waals surface area contributed by atoms with Crippen LogP contribution >= 0.6 is 0 Å². The van der Waals surface area contributed by atoms with E-state index in [0.29, 0.717) is 5.57 Å². The average Bonchev–Trinajstić information content (AvgIpc) is 2.35. The molecule has 0 aromatic rings. The predicted octanol–water partition coefficient (Wildman–Crippen LogP) is 2.74. The van der Waals surface area contributed by atoms with E-state index in [2.05, 4.69) is 5.73 Å². The molecule has 0 amide bonds. The fraction of sp³-hybridized carbons (Fsp3) is 0.200. The van der Waals surface area contributed by atoms with Gasteiger partial charge in [-0.05, 0) is 12.2 Å².